The fourth-order valence-electron chi connectivity index (χ4n) is 1.16. The highest BCUT2D eigenvalue weighted by Crippen LogP contribution is 2.28. The van der Waals surface area contributed by atoms with Crippen molar-refractivity contribution >= 4 is 17.3 Å². The molecule has 1 aliphatic heterocycles. The molecule has 0 spiro atoms. The summed E-state index contributed by atoms with van der Waals surface area (Å²) in [6.07, 6.45) is 4.08. The van der Waals surface area contributed by atoms with Gasteiger partial charge in [0, 0.05) is 17.4 Å². The molecule has 0 radical (unpaired) electrons. The predicted molar refractivity (Wildman–Crippen MR) is 46.9 cm³/mol. The third kappa shape index (κ3) is 1.41. The molecular weight excluding hydrogens is 172 g/mol. The van der Waals surface area contributed by atoms with Gasteiger partial charge in [-0.25, -0.2) is 4.79 Å². The van der Waals surface area contributed by atoms with Crippen LogP contribution in [0, 0.1) is 0 Å². The first-order valence-corrected chi connectivity index (χ1v) is 4.65. The average Bonchev–Trinajstić information content (AvgIpc) is 2.56. The van der Waals surface area contributed by atoms with Crippen molar-refractivity contribution in [1.82, 2.24) is 0 Å². The Morgan fingerprint density at radius 2 is 2.50 bits per heavy atom. The quantitative estimate of drug-likeness (QED) is 0.620. The number of hydrogen-bond acceptors (Lipinski definition) is 3. The first-order chi connectivity index (χ1) is 5.86. The molecule has 0 aromatic carbocycles. The lowest BCUT2D eigenvalue weighted by molar-refractivity contribution is -0.144. The Balaban J connectivity index is 2.17. The number of thiophene rings is 1. The molecular formula is C9H8O2S. The third-order valence-electron chi connectivity index (χ3n) is 1.72. The minimum absolute atomic E-state index is 0.0532. The predicted octanol–water partition coefficient (Wildman–Crippen LogP) is 2.29. The number of hydrogen-bond donors (Lipinski definition) is 0. The largest absolute Gasteiger partial charge is 0.453 e. The highest BCUT2D eigenvalue weighted by Gasteiger charge is 2.18. The maximum atomic E-state index is 10.9. The monoisotopic (exact) mass is 180 g/mol. The fourth-order valence-corrected chi connectivity index (χ4v) is 1.93. The smallest absolute Gasteiger partial charge is 0.331 e. The van der Waals surface area contributed by atoms with Crippen molar-refractivity contribution in [2.75, 3.05) is 0 Å². The van der Waals surface area contributed by atoms with Gasteiger partial charge >= 0.3 is 5.97 Å². The number of esters is 1. The molecule has 1 atom stereocenters. The number of carbonyl (C=O) groups is 1. The Hall–Kier alpha value is -1.09. The molecule has 62 valence electrons. The van der Waals surface area contributed by atoms with E-state index in [1.807, 2.05) is 23.6 Å². The summed E-state index contributed by atoms with van der Waals surface area (Å²) in [6.45, 7) is 0. The van der Waals surface area contributed by atoms with Crippen LogP contribution in [0.15, 0.2) is 29.7 Å². The number of carbonyl (C=O) groups excluding carboxylic acids is 1. The van der Waals surface area contributed by atoms with Crippen LogP contribution >= 0.6 is 11.3 Å². The normalized spacial score (nSPS) is 22.3. The zero-order valence-corrected chi connectivity index (χ0v) is 7.21. The highest BCUT2D eigenvalue weighted by molar-refractivity contribution is 7.10. The fraction of sp³-hybridized carbons (Fsp3) is 0.222. The highest BCUT2D eigenvalue weighted by atomic mass is 32.1. The van der Waals surface area contributed by atoms with E-state index in [2.05, 4.69) is 0 Å². The standard InChI is InChI=1S/C9H8O2S/c10-9-5-1-3-7(11-9)8-4-2-6-12-8/h1-2,4-7H,3H2/t7-/m0/s1. The van der Waals surface area contributed by atoms with Gasteiger partial charge < -0.3 is 4.74 Å². The van der Waals surface area contributed by atoms with Crippen LogP contribution in [0.1, 0.15) is 17.4 Å². The SMILES string of the molecule is O=C1C=CC[C@@H](c2cccs2)O1. The van der Waals surface area contributed by atoms with Gasteiger partial charge in [0.2, 0.25) is 0 Å². The maximum Gasteiger partial charge on any atom is 0.331 e. The molecule has 1 aromatic heterocycles. The third-order valence-corrected chi connectivity index (χ3v) is 2.69. The average molecular weight is 180 g/mol. The topological polar surface area (TPSA) is 26.3 Å². The summed E-state index contributed by atoms with van der Waals surface area (Å²) in [5.74, 6) is -0.236. The molecule has 0 saturated heterocycles. The van der Waals surface area contributed by atoms with Gasteiger partial charge in [-0.3, -0.25) is 0 Å². The second kappa shape index (κ2) is 3.11. The van der Waals surface area contributed by atoms with Gasteiger partial charge in [0.1, 0.15) is 6.10 Å². The maximum absolute atomic E-state index is 10.9. The van der Waals surface area contributed by atoms with Crippen molar-refractivity contribution in [1.29, 1.82) is 0 Å². The van der Waals surface area contributed by atoms with Crippen molar-refractivity contribution in [2.45, 2.75) is 12.5 Å². The molecule has 1 aromatic rings. The van der Waals surface area contributed by atoms with Crippen LogP contribution in [0.2, 0.25) is 0 Å². The molecule has 3 heteroatoms. The van der Waals surface area contributed by atoms with Gasteiger partial charge in [-0.15, -0.1) is 11.3 Å². The number of rotatable bonds is 1. The van der Waals surface area contributed by atoms with Crippen molar-refractivity contribution in [3.8, 4) is 0 Å². The van der Waals surface area contributed by atoms with E-state index in [-0.39, 0.29) is 12.1 Å². The summed E-state index contributed by atoms with van der Waals surface area (Å²) in [6, 6.07) is 3.95. The Labute approximate surface area is 74.5 Å². The number of ether oxygens (including phenoxy) is 1. The van der Waals surface area contributed by atoms with Crippen LogP contribution in [0.5, 0.6) is 0 Å². The number of cyclic esters (lactones) is 1. The zero-order chi connectivity index (χ0) is 8.39. The van der Waals surface area contributed by atoms with Crippen molar-refractivity contribution in [3.63, 3.8) is 0 Å². The zero-order valence-electron chi connectivity index (χ0n) is 6.40. The van der Waals surface area contributed by atoms with Crippen molar-refractivity contribution < 1.29 is 9.53 Å². The van der Waals surface area contributed by atoms with Crippen LogP contribution < -0.4 is 0 Å². The molecule has 2 nitrogen and oxygen atoms in total. The summed E-state index contributed by atoms with van der Waals surface area (Å²) in [5.41, 5.74) is 0. The van der Waals surface area contributed by atoms with Gasteiger partial charge in [0.15, 0.2) is 0 Å². The van der Waals surface area contributed by atoms with Crippen LogP contribution in [-0.2, 0) is 9.53 Å². The Bertz CT molecular complexity index is 300. The van der Waals surface area contributed by atoms with Crippen molar-refractivity contribution in [2.24, 2.45) is 0 Å². The van der Waals surface area contributed by atoms with E-state index in [0.29, 0.717) is 0 Å². The van der Waals surface area contributed by atoms with Crippen molar-refractivity contribution in [3.05, 3.63) is 34.5 Å². The lowest BCUT2D eigenvalue weighted by Crippen LogP contribution is -2.11. The summed E-state index contributed by atoms with van der Waals surface area (Å²) < 4.78 is 5.12. The van der Waals surface area contributed by atoms with Gasteiger partial charge in [-0.05, 0) is 11.4 Å². The van der Waals surface area contributed by atoms with Crippen LogP contribution in [0.25, 0.3) is 0 Å². The van der Waals surface area contributed by atoms with Crippen LogP contribution in [0.4, 0.5) is 0 Å². The first-order valence-electron chi connectivity index (χ1n) is 3.77. The van der Waals surface area contributed by atoms with E-state index in [0.717, 1.165) is 11.3 Å². The molecule has 0 amide bonds. The lowest BCUT2D eigenvalue weighted by Gasteiger charge is -2.16. The second-order valence-electron chi connectivity index (χ2n) is 2.58. The van der Waals surface area contributed by atoms with Gasteiger partial charge in [0.05, 0.1) is 0 Å². The molecule has 2 heterocycles. The van der Waals surface area contributed by atoms with E-state index in [1.165, 1.54) is 6.08 Å². The van der Waals surface area contributed by atoms with E-state index in [1.54, 1.807) is 11.3 Å². The van der Waals surface area contributed by atoms with Gasteiger partial charge in [-0.2, -0.15) is 0 Å². The molecule has 0 bridgehead atoms. The Morgan fingerprint density at radius 3 is 3.17 bits per heavy atom. The molecule has 0 N–H and O–H groups in total. The summed E-state index contributed by atoms with van der Waals surface area (Å²) >= 11 is 1.62. The van der Waals surface area contributed by atoms with E-state index in [9.17, 15) is 4.79 Å². The first kappa shape index (κ1) is 7.55. The molecule has 0 unspecified atom stereocenters. The lowest BCUT2D eigenvalue weighted by atomic mass is 10.2. The molecule has 0 saturated carbocycles. The summed E-state index contributed by atoms with van der Waals surface area (Å²) in [7, 11) is 0. The molecule has 0 aliphatic carbocycles. The molecule has 12 heavy (non-hydrogen) atoms. The van der Waals surface area contributed by atoms with E-state index < -0.39 is 0 Å². The summed E-state index contributed by atoms with van der Waals surface area (Å²) in [5, 5.41) is 1.99. The van der Waals surface area contributed by atoms with Crippen LogP contribution in [0.3, 0.4) is 0 Å². The molecule has 2 rings (SSSR count). The second-order valence-corrected chi connectivity index (χ2v) is 3.56. The Morgan fingerprint density at radius 1 is 1.58 bits per heavy atom. The minimum atomic E-state index is -0.236. The van der Waals surface area contributed by atoms with Gasteiger partial charge in [-0.1, -0.05) is 12.1 Å². The van der Waals surface area contributed by atoms with E-state index in [4.69, 9.17) is 4.74 Å². The van der Waals surface area contributed by atoms with E-state index >= 15 is 0 Å². The van der Waals surface area contributed by atoms with Gasteiger partial charge in [0.25, 0.3) is 0 Å². The van der Waals surface area contributed by atoms with Crippen LogP contribution in [-0.4, -0.2) is 5.97 Å². The molecule has 1 aliphatic rings. The summed E-state index contributed by atoms with van der Waals surface area (Å²) in [4.78, 5) is 12.0. The Kier molecular flexibility index (Phi) is 1.96. The minimum Gasteiger partial charge on any atom is -0.453 e. The molecule has 0 fully saturated rings.